The summed E-state index contributed by atoms with van der Waals surface area (Å²) in [7, 11) is 0. The summed E-state index contributed by atoms with van der Waals surface area (Å²) in [5.74, 6) is 2.31. The van der Waals surface area contributed by atoms with Crippen LogP contribution in [0.2, 0.25) is 0 Å². The molecule has 82 valence electrons. The van der Waals surface area contributed by atoms with Crippen LogP contribution < -0.4 is 5.32 Å². The molecule has 0 unspecified atom stereocenters. The third kappa shape index (κ3) is 2.84. The van der Waals surface area contributed by atoms with Crippen molar-refractivity contribution in [3.8, 4) is 0 Å². The Labute approximate surface area is 96.1 Å². The number of aromatic nitrogens is 2. The predicted octanol–water partition coefficient (Wildman–Crippen LogP) is 2.48. The molecule has 0 aliphatic heterocycles. The molecule has 1 fully saturated rings. The van der Waals surface area contributed by atoms with E-state index in [9.17, 15) is 0 Å². The van der Waals surface area contributed by atoms with Crippen LogP contribution in [0.25, 0.3) is 0 Å². The molecule has 1 aromatic heterocycles. The summed E-state index contributed by atoms with van der Waals surface area (Å²) in [6.45, 7) is 0.834. The average Bonchev–Trinajstić information content (AvgIpc) is 2.80. The quantitative estimate of drug-likeness (QED) is 0.770. The van der Waals surface area contributed by atoms with Gasteiger partial charge in [0.15, 0.2) is 0 Å². The first-order valence-corrected chi connectivity index (χ1v) is 6.22. The third-order valence-electron chi connectivity index (χ3n) is 2.88. The monoisotopic (exact) mass is 223 g/mol. The molecule has 0 amide bonds. The second kappa shape index (κ2) is 5.35. The van der Waals surface area contributed by atoms with Gasteiger partial charge in [0.05, 0.1) is 5.69 Å². The smallest absolute Gasteiger partial charge is 0.148 e. The Morgan fingerprint density at radius 2 is 2.07 bits per heavy atom. The number of anilines is 1. The van der Waals surface area contributed by atoms with E-state index in [1.807, 2.05) is 6.07 Å². The zero-order valence-corrected chi connectivity index (χ0v) is 9.71. The molecule has 0 radical (unpaired) electrons. The van der Waals surface area contributed by atoms with E-state index in [0.29, 0.717) is 5.92 Å². The van der Waals surface area contributed by atoms with E-state index in [2.05, 4.69) is 34.2 Å². The molecule has 0 saturated heterocycles. The van der Waals surface area contributed by atoms with Gasteiger partial charge < -0.3 is 5.32 Å². The first-order chi connectivity index (χ1) is 7.40. The van der Waals surface area contributed by atoms with Crippen molar-refractivity contribution in [1.82, 2.24) is 10.2 Å². The summed E-state index contributed by atoms with van der Waals surface area (Å²) in [6, 6.07) is 4.12. The van der Waals surface area contributed by atoms with Crippen LogP contribution in [0, 0.1) is 0 Å². The highest BCUT2D eigenvalue weighted by atomic mass is 32.1. The zero-order valence-electron chi connectivity index (χ0n) is 8.82. The van der Waals surface area contributed by atoms with Gasteiger partial charge in [-0.05, 0) is 25.0 Å². The first kappa shape index (κ1) is 10.7. The topological polar surface area (TPSA) is 37.8 Å². The van der Waals surface area contributed by atoms with Gasteiger partial charge in [0.1, 0.15) is 5.82 Å². The maximum absolute atomic E-state index is 4.28. The number of nitrogens with zero attached hydrogens (tertiary/aromatic N) is 2. The molecular weight excluding hydrogens is 206 g/mol. The highest BCUT2D eigenvalue weighted by Crippen LogP contribution is 2.32. The summed E-state index contributed by atoms with van der Waals surface area (Å²) >= 11 is 4.13. The number of rotatable bonds is 4. The Kier molecular flexibility index (Phi) is 3.83. The SMILES string of the molecule is SCCNc1ccc(C2CCCC2)nn1. The van der Waals surface area contributed by atoms with Gasteiger partial charge >= 0.3 is 0 Å². The molecule has 0 spiro atoms. The van der Waals surface area contributed by atoms with Crippen molar-refractivity contribution in [1.29, 1.82) is 0 Å². The highest BCUT2D eigenvalue weighted by molar-refractivity contribution is 7.80. The van der Waals surface area contributed by atoms with Crippen LogP contribution in [0.4, 0.5) is 5.82 Å². The largest absolute Gasteiger partial charge is 0.368 e. The highest BCUT2D eigenvalue weighted by Gasteiger charge is 2.18. The van der Waals surface area contributed by atoms with Crippen LogP contribution in [0.15, 0.2) is 12.1 Å². The van der Waals surface area contributed by atoms with E-state index in [4.69, 9.17) is 0 Å². The summed E-state index contributed by atoms with van der Waals surface area (Å²) in [4.78, 5) is 0. The number of hydrogen-bond donors (Lipinski definition) is 2. The minimum Gasteiger partial charge on any atom is -0.368 e. The number of nitrogens with one attached hydrogen (secondary N) is 1. The maximum atomic E-state index is 4.28. The fourth-order valence-corrected chi connectivity index (χ4v) is 2.17. The third-order valence-corrected chi connectivity index (χ3v) is 3.10. The lowest BCUT2D eigenvalue weighted by atomic mass is 10.0. The molecule has 3 nitrogen and oxygen atoms in total. The predicted molar refractivity (Wildman–Crippen MR) is 65.6 cm³/mol. The summed E-state index contributed by atoms with van der Waals surface area (Å²) in [6.07, 6.45) is 5.23. The van der Waals surface area contributed by atoms with Gasteiger partial charge in [-0.25, -0.2) is 0 Å². The normalized spacial score (nSPS) is 16.9. The maximum Gasteiger partial charge on any atom is 0.148 e. The van der Waals surface area contributed by atoms with Gasteiger partial charge in [-0.3, -0.25) is 0 Å². The first-order valence-electron chi connectivity index (χ1n) is 5.58. The second-order valence-corrected chi connectivity index (χ2v) is 4.42. The van der Waals surface area contributed by atoms with Gasteiger partial charge in [-0.15, -0.1) is 5.10 Å². The van der Waals surface area contributed by atoms with Crippen LogP contribution >= 0.6 is 12.6 Å². The molecule has 1 saturated carbocycles. The fourth-order valence-electron chi connectivity index (χ4n) is 2.06. The minimum atomic E-state index is 0.649. The molecule has 4 heteroatoms. The van der Waals surface area contributed by atoms with E-state index in [1.54, 1.807) is 0 Å². The molecule has 0 bridgehead atoms. The molecule has 2 rings (SSSR count). The molecule has 1 N–H and O–H groups in total. The van der Waals surface area contributed by atoms with Crippen molar-refractivity contribution in [3.63, 3.8) is 0 Å². The van der Waals surface area contributed by atoms with Gasteiger partial charge in [-0.1, -0.05) is 12.8 Å². The van der Waals surface area contributed by atoms with E-state index in [1.165, 1.54) is 25.7 Å². The van der Waals surface area contributed by atoms with Crippen LogP contribution in [-0.2, 0) is 0 Å². The van der Waals surface area contributed by atoms with E-state index in [0.717, 1.165) is 23.8 Å². The van der Waals surface area contributed by atoms with Crippen molar-refractivity contribution in [3.05, 3.63) is 17.8 Å². The van der Waals surface area contributed by atoms with Crippen LogP contribution in [0.5, 0.6) is 0 Å². The Morgan fingerprint density at radius 1 is 1.27 bits per heavy atom. The minimum absolute atomic E-state index is 0.649. The Bertz CT molecular complexity index is 293. The summed E-state index contributed by atoms with van der Waals surface area (Å²) in [5, 5.41) is 11.6. The van der Waals surface area contributed by atoms with Crippen LogP contribution in [-0.4, -0.2) is 22.5 Å². The Morgan fingerprint density at radius 3 is 2.67 bits per heavy atom. The summed E-state index contributed by atoms with van der Waals surface area (Å²) in [5.41, 5.74) is 1.16. The van der Waals surface area contributed by atoms with E-state index in [-0.39, 0.29) is 0 Å². The standard InChI is InChI=1S/C11H17N3S/c15-8-7-12-11-6-5-10(13-14-11)9-3-1-2-4-9/h5-6,9,15H,1-4,7-8H2,(H,12,14). The Hall–Kier alpha value is -0.770. The average molecular weight is 223 g/mol. The molecule has 1 aliphatic rings. The molecule has 15 heavy (non-hydrogen) atoms. The molecule has 0 aromatic carbocycles. The fraction of sp³-hybridized carbons (Fsp3) is 0.636. The van der Waals surface area contributed by atoms with Crippen molar-refractivity contribution in [2.45, 2.75) is 31.6 Å². The van der Waals surface area contributed by atoms with Crippen molar-refractivity contribution in [2.75, 3.05) is 17.6 Å². The van der Waals surface area contributed by atoms with Gasteiger partial charge in [0.2, 0.25) is 0 Å². The lowest BCUT2D eigenvalue weighted by Crippen LogP contribution is -2.06. The van der Waals surface area contributed by atoms with Crippen LogP contribution in [0.1, 0.15) is 37.3 Å². The summed E-state index contributed by atoms with van der Waals surface area (Å²) < 4.78 is 0. The van der Waals surface area contributed by atoms with Gasteiger partial charge in [-0.2, -0.15) is 17.7 Å². The lowest BCUT2D eigenvalue weighted by molar-refractivity contribution is 0.681. The van der Waals surface area contributed by atoms with Gasteiger partial charge in [0, 0.05) is 18.2 Å². The molecule has 0 atom stereocenters. The number of hydrogen-bond acceptors (Lipinski definition) is 4. The van der Waals surface area contributed by atoms with Crippen LogP contribution in [0.3, 0.4) is 0 Å². The van der Waals surface area contributed by atoms with Crippen molar-refractivity contribution < 1.29 is 0 Å². The zero-order chi connectivity index (χ0) is 10.5. The second-order valence-electron chi connectivity index (χ2n) is 3.98. The molecule has 1 aliphatic carbocycles. The molecular formula is C11H17N3S. The number of thiol groups is 1. The van der Waals surface area contributed by atoms with Crippen molar-refractivity contribution in [2.24, 2.45) is 0 Å². The Balaban J connectivity index is 1.96. The lowest BCUT2D eigenvalue weighted by Gasteiger charge is -2.08. The molecule has 1 aromatic rings. The van der Waals surface area contributed by atoms with E-state index < -0.39 is 0 Å². The molecule has 1 heterocycles. The van der Waals surface area contributed by atoms with Gasteiger partial charge in [0.25, 0.3) is 0 Å². The van der Waals surface area contributed by atoms with Crippen molar-refractivity contribution >= 4 is 18.4 Å². The van der Waals surface area contributed by atoms with E-state index >= 15 is 0 Å².